The lowest BCUT2D eigenvalue weighted by Crippen LogP contribution is -1.94. The number of ether oxygens (including phenoxy) is 1. The molecule has 88 valence electrons. The van der Waals surface area contributed by atoms with Gasteiger partial charge in [0.15, 0.2) is 0 Å². The quantitative estimate of drug-likeness (QED) is 0.915. The Bertz CT molecular complexity index is 534. The smallest absolute Gasteiger partial charge is 0.221 e. The number of hydrogen-bond donors (Lipinski definition) is 1. The summed E-state index contributed by atoms with van der Waals surface area (Å²) in [5.41, 5.74) is 0. The van der Waals surface area contributed by atoms with Gasteiger partial charge < -0.3 is 10.1 Å². The minimum Gasteiger partial charge on any atom is -0.437 e. The Morgan fingerprint density at radius 3 is 2.82 bits per heavy atom. The Kier molecular flexibility index (Phi) is 3.86. The summed E-state index contributed by atoms with van der Waals surface area (Å²) in [6.07, 6.45) is 0. The summed E-state index contributed by atoms with van der Waals surface area (Å²) in [4.78, 5) is 4.25. The largest absolute Gasteiger partial charge is 0.437 e. The maximum atomic E-state index is 6.05. The lowest BCUT2D eigenvalue weighted by Gasteiger charge is -2.08. The van der Waals surface area contributed by atoms with Gasteiger partial charge in [-0.25, -0.2) is 0 Å². The van der Waals surface area contributed by atoms with Crippen molar-refractivity contribution in [3.63, 3.8) is 0 Å². The first-order valence-corrected chi connectivity index (χ1v) is 6.14. The van der Waals surface area contributed by atoms with Gasteiger partial charge in [0.25, 0.3) is 0 Å². The van der Waals surface area contributed by atoms with Crippen LogP contribution in [0.3, 0.4) is 0 Å². The van der Waals surface area contributed by atoms with Gasteiger partial charge in [-0.3, -0.25) is 0 Å². The summed E-state index contributed by atoms with van der Waals surface area (Å²) in [7, 11) is 1.80. The van der Waals surface area contributed by atoms with Crippen molar-refractivity contribution in [1.82, 2.24) is 4.98 Å². The molecule has 0 saturated heterocycles. The van der Waals surface area contributed by atoms with Crippen LogP contribution in [0.25, 0.3) is 0 Å². The predicted molar refractivity (Wildman–Crippen MR) is 73.0 cm³/mol. The zero-order chi connectivity index (χ0) is 12.3. The molecular weight excluding hydrogens is 304 g/mol. The van der Waals surface area contributed by atoms with Crippen LogP contribution in [0.2, 0.25) is 5.02 Å². The second kappa shape index (κ2) is 5.38. The van der Waals surface area contributed by atoms with E-state index in [1.807, 2.05) is 18.2 Å². The molecule has 2 rings (SSSR count). The molecule has 0 fully saturated rings. The Morgan fingerprint density at radius 2 is 2.12 bits per heavy atom. The maximum absolute atomic E-state index is 6.05. The van der Waals surface area contributed by atoms with Crippen molar-refractivity contribution in [2.75, 3.05) is 12.4 Å². The first-order chi connectivity index (χ1) is 8.19. The monoisotopic (exact) mass is 312 g/mol. The van der Waals surface area contributed by atoms with Crippen LogP contribution in [0, 0.1) is 0 Å². The van der Waals surface area contributed by atoms with Crippen LogP contribution >= 0.6 is 27.5 Å². The highest BCUT2D eigenvalue weighted by atomic mass is 79.9. The summed E-state index contributed by atoms with van der Waals surface area (Å²) >= 11 is 9.39. The van der Waals surface area contributed by atoms with Crippen LogP contribution in [-0.4, -0.2) is 12.0 Å². The van der Waals surface area contributed by atoms with E-state index in [0.717, 1.165) is 10.3 Å². The van der Waals surface area contributed by atoms with E-state index >= 15 is 0 Å². The molecular formula is C12H10BrClN2O. The molecule has 17 heavy (non-hydrogen) atoms. The fourth-order valence-electron chi connectivity index (χ4n) is 1.28. The summed E-state index contributed by atoms with van der Waals surface area (Å²) in [6.45, 7) is 0. The molecule has 0 radical (unpaired) electrons. The van der Waals surface area contributed by atoms with Crippen LogP contribution in [0.1, 0.15) is 0 Å². The van der Waals surface area contributed by atoms with Gasteiger partial charge in [-0.1, -0.05) is 33.6 Å². The standard InChI is InChI=1S/C12H10BrClN2O/c1-15-11-3-2-4-12(16-11)17-10-6-5-8(13)7-9(10)14/h2-7H,1H3,(H,15,16). The summed E-state index contributed by atoms with van der Waals surface area (Å²) < 4.78 is 6.51. The number of nitrogens with one attached hydrogen (secondary N) is 1. The fourth-order valence-corrected chi connectivity index (χ4v) is 1.99. The molecule has 1 N–H and O–H groups in total. The van der Waals surface area contributed by atoms with Crippen molar-refractivity contribution in [3.05, 3.63) is 45.9 Å². The number of rotatable bonds is 3. The van der Waals surface area contributed by atoms with Crippen LogP contribution in [0.15, 0.2) is 40.9 Å². The van der Waals surface area contributed by atoms with E-state index in [-0.39, 0.29) is 0 Å². The molecule has 1 aromatic carbocycles. The predicted octanol–water partition coefficient (Wildman–Crippen LogP) is 4.33. The highest BCUT2D eigenvalue weighted by molar-refractivity contribution is 9.10. The van der Waals surface area contributed by atoms with E-state index in [2.05, 4.69) is 26.2 Å². The minimum absolute atomic E-state index is 0.501. The molecule has 0 saturated carbocycles. The molecule has 2 aromatic rings. The number of anilines is 1. The third-order valence-electron chi connectivity index (χ3n) is 2.09. The van der Waals surface area contributed by atoms with E-state index in [1.54, 1.807) is 25.2 Å². The Hall–Kier alpha value is -1.26. The summed E-state index contributed by atoms with van der Waals surface area (Å²) in [6, 6.07) is 10.9. The van der Waals surface area contributed by atoms with Gasteiger partial charge >= 0.3 is 0 Å². The summed E-state index contributed by atoms with van der Waals surface area (Å²) in [5, 5.41) is 3.48. The first-order valence-electron chi connectivity index (χ1n) is 4.97. The number of aromatic nitrogens is 1. The molecule has 1 aromatic heterocycles. The van der Waals surface area contributed by atoms with E-state index < -0.39 is 0 Å². The molecule has 0 unspecified atom stereocenters. The van der Waals surface area contributed by atoms with Crippen molar-refractivity contribution in [1.29, 1.82) is 0 Å². The van der Waals surface area contributed by atoms with Crippen molar-refractivity contribution in [2.24, 2.45) is 0 Å². The van der Waals surface area contributed by atoms with Crippen molar-refractivity contribution >= 4 is 33.3 Å². The van der Waals surface area contributed by atoms with E-state index in [4.69, 9.17) is 16.3 Å². The molecule has 3 nitrogen and oxygen atoms in total. The number of pyridine rings is 1. The molecule has 0 bridgehead atoms. The van der Waals surface area contributed by atoms with Gasteiger partial charge in [0.1, 0.15) is 11.6 Å². The molecule has 0 amide bonds. The molecule has 1 heterocycles. The fraction of sp³-hybridized carbons (Fsp3) is 0.0833. The molecule has 0 atom stereocenters. The molecule has 0 spiro atoms. The second-order valence-corrected chi connectivity index (χ2v) is 4.61. The average Bonchev–Trinajstić information content (AvgIpc) is 2.33. The zero-order valence-electron chi connectivity index (χ0n) is 9.08. The van der Waals surface area contributed by atoms with Crippen molar-refractivity contribution in [3.8, 4) is 11.6 Å². The topological polar surface area (TPSA) is 34.1 Å². The number of halogens is 2. The van der Waals surface area contributed by atoms with Crippen molar-refractivity contribution < 1.29 is 4.74 Å². The van der Waals surface area contributed by atoms with E-state index in [9.17, 15) is 0 Å². The van der Waals surface area contributed by atoms with Gasteiger partial charge in [0.2, 0.25) is 5.88 Å². The Balaban J connectivity index is 2.25. The highest BCUT2D eigenvalue weighted by Gasteiger charge is 2.05. The van der Waals surface area contributed by atoms with E-state index in [1.165, 1.54) is 0 Å². The number of nitrogens with zero attached hydrogens (tertiary/aromatic N) is 1. The lowest BCUT2D eigenvalue weighted by molar-refractivity contribution is 0.464. The Morgan fingerprint density at radius 1 is 1.29 bits per heavy atom. The first kappa shape index (κ1) is 12.2. The van der Waals surface area contributed by atoms with Crippen LogP contribution in [0.5, 0.6) is 11.6 Å². The third kappa shape index (κ3) is 3.11. The van der Waals surface area contributed by atoms with Gasteiger partial charge in [-0.2, -0.15) is 4.98 Å². The van der Waals surface area contributed by atoms with Crippen LogP contribution in [0.4, 0.5) is 5.82 Å². The van der Waals surface area contributed by atoms with Crippen LogP contribution < -0.4 is 10.1 Å². The molecule has 0 aliphatic heterocycles. The zero-order valence-corrected chi connectivity index (χ0v) is 11.4. The van der Waals surface area contributed by atoms with E-state index in [0.29, 0.717) is 16.7 Å². The SMILES string of the molecule is CNc1cccc(Oc2ccc(Br)cc2Cl)n1. The van der Waals surface area contributed by atoms with Crippen LogP contribution in [-0.2, 0) is 0 Å². The average molecular weight is 314 g/mol. The normalized spacial score (nSPS) is 10.1. The molecule has 0 aliphatic carbocycles. The van der Waals surface area contributed by atoms with Gasteiger partial charge in [0, 0.05) is 17.6 Å². The number of benzene rings is 1. The van der Waals surface area contributed by atoms with Gasteiger partial charge in [0.05, 0.1) is 5.02 Å². The lowest BCUT2D eigenvalue weighted by atomic mass is 10.3. The highest BCUT2D eigenvalue weighted by Crippen LogP contribution is 2.31. The molecule has 5 heteroatoms. The minimum atomic E-state index is 0.501. The Labute approximate surface area is 113 Å². The summed E-state index contributed by atoms with van der Waals surface area (Å²) in [5.74, 6) is 1.83. The number of hydrogen-bond acceptors (Lipinski definition) is 3. The third-order valence-corrected chi connectivity index (χ3v) is 2.88. The molecule has 0 aliphatic rings. The van der Waals surface area contributed by atoms with Gasteiger partial charge in [-0.15, -0.1) is 0 Å². The van der Waals surface area contributed by atoms with Gasteiger partial charge in [-0.05, 0) is 24.3 Å². The second-order valence-electron chi connectivity index (χ2n) is 3.29. The van der Waals surface area contributed by atoms with Crippen molar-refractivity contribution in [2.45, 2.75) is 0 Å². The maximum Gasteiger partial charge on any atom is 0.221 e.